The van der Waals surface area contributed by atoms with E-state index in [9.17, 15) is 10.1 Å². The van der Waals surface area contributed by atoms with Gasteiger partial charge >= 0.3 is 0 Å². The summed E-state index contributed by atoms with van der Waals surface area (Å²) in [7, 11) is 0. The van der Waals surface area contributed by atoms with Crippen molar-refractivity contribution in [3.63, 3.8) is 0 Å². The Balaban J connectivity index is 2.33. The smallest absolute Gasteiger partial charge is 0.256 e. The zero-order valence-corrected chi connectivity index (χ0v) is 11.7. The summed E-state index contributed by atoms with van der Waals surface area (Å²) in [5.41, 5.74) is 1.35. The van der Waals surface area contributed by atoms with Crippen LogP contribution in [0.1, 0.15) is 42.6 Å². The summed E-state index contributed by atoms with van der Waals surface area (Å²) >= 11 is 0. The van der Waals surface area contributed by atoms with Gasteiger partial charge in [0.05, 0.1) is 11.6 Å². The predicted octanol–water partition coefficient (Wildman–Crippen LogP) is 2.54. The van der Waals surface area contributed by atoms with Crippen molar-refractivity contribution in [2.45, 2.75) is 39.7 Å². The van der Waals surface area contributed by atoms with E-state index in [1.807, 2.05) is 13.0 Å². The second-order valence-electron chi connectivity index (χ2n) is 5.81. The van der Waals surface area contributed by atoms with E-state index >= 15 is 0 Å². The van der Waals surface area contributed by atoms with Gasteiger partial charge in [0.15, 0.2) is 0 Å². The molecule has 0 bridgehead atoms. The van der Waals surface area contributed by atoms with Gasteiger partial charge in [0.25, 0.3) is 5.91 Å². The zero-order valence-electron chi connectivity index (χ0n) is 11.7. The molecule has 1 atom stereocenters. The lowest BCUT2D eigenvalue weighted by atomic mass is 9.77. The van der Waals surface area contributed by atoms with Gasteiger partial charge in [-0.05, 0) is 36.8 Å². The molecule has 0 spiro atoms. The van der Waals surface area contributed by atoms with Crippen LogP contribution in [0.15, 0.2) is 18.5 Å². The fourth-order valence-electron chi connectivity index (χ4n) is 2.70. The molecule has 1 aromatic heterocycles. The Bertz CT molecular complexity index is 530. The van der Waals surface area contributed by atoms with E-state index in [-0.39, 0.29) is 17.4 Å². The molecule has 0 N–H and O–H groups in total. The topological polar surface area (TPSA) is 57.0 Å². The van der Waals surface area contributed by atoms with Crippen LogP contribution in [0.3, 0.4) is 0 Å². The number of hydrogen-bond acceptors (Lipinski definition) is 3. The fourth-order valence-corrected chi connectivity index (χ4v) is 2.70. The van der Waals surface area contributed by atoms with Gasteiger partial charge in [0, 0.05) is 18.9 Å². The quantitative estimate of drug-likeness (QED) is 0.776. The first-order valence-electron chi connectivity index (χ1n) is 6.58. The molecule has 0 saturated carbocycles. The maximum atomic E-state index is 12.6. The van der Waals surface area contributed by atoms with Gasteiger partial charge in [-0.3, -0.25) is 9.78 Å². The SMILES string of the molecule is Cc1ccncc1C(=O)N1CCCC(C)(C)C1C#N. The molecule has 1 saturated heterocycles. The molecule has 1 aliphatic rings. The average Bonchev–Trinajstić information content (AvgIpc) is 2.37. The Morgan fingerprint density at radius 2 is 2.32 bits per heavy atom. The molecule has 4 heteroatoms. The minimum atomic E-state index is -0.367. The molecule has 2 heterocycles. The number of amides is 1. The van der Waals surface area contributed by atoms with Crippen LogP contribution in [-0.2, 0) is 0 Å². The molecular weight excluding hydrogens is 238 g/mol. The molecule has 4 nitrogen and oxygen atoms in total. The van der Waals surface area contributed by atoms with Crippen LogP contribution in [0.5, 0.6) is 0 Å². The number of aryl methyl sites for hydroxylation is 1. The number of likely N-dealkylation sites (tertiary alicyclic amines) is 1. The molecule has 0 radical (unpaired) electrons. The van der Waals surface area contributed by atoms with E-state index in [1.54, 1.807) is 17.3 Å². The summed E-state index contributed by atoms with van der Waals surface area (Å²) in [6.45, 7) is 6.65. The van der Waals surface area contributed by atoms with Crippen LogP contribution in [0.2, 0.25) is 0 Å². The molecule has 1 amide bonds. The van der Waals surface area contributed by atoms with Crippen molar-refractivity contribution in [2.24, 2.45) is 5.41 Å². The van der Waals surface area contributed by atoms with Crippen LogP contribution in [0, 0.1) is 23.7 Å². The van der Waals surface area contributed by atoms with Crippen LogP contribution >= 0.6 is 0 Å². The van der Waals surface area contributed by atoms with Crippen LogP contribution in [0.25, 0.3) is 0 Å². The first-order valence-corrected chi connectivity index (χ1v) is 6.58. The van der Waals surface area contributed by atoms with Crippen molar-refractivity contribution in [3.05, 3.63) is 29.6 Å². The summed E-state index contributed by atoms with van der Waals surface area (Å²) in [4.78, 5) is 18.3. The Morgan fingerprint density at radius 3 is 2.95 bits per heavy atom. The van der Waals surface area contributed by atoms with Gasteiger partial charge in [-0.25, -0.2) is 0 Å². The second kappa shape index (κ2) is 5.00. The highest BCUT2D eigenvalue weighted by Gasteiger charge is 2.40. The molecule has 19 heavy (non-hydrogen) atoms. The number of carbonyl (C=O) groups excluding carboxylic acids is 1. The Labute approximate surface area is 114 Å². The molecule has 100 valence electrons. The molecule has 0 aliphatic carbocycles. The van der Waals surface area contributed by atoms with E-state index < -0.39 is 0 Å². The largest absolute Gasteiger partial charge is 0.322 e. The lowest BCUT2D eigenvalue weighted by Gasteiger charge is -2.42. The van der Waals surface area contributed by atoms with Crippen molar-refractivity contribution in [1.29, 1.82) is 5.26 Å². The lowest BCUT2D eigenvalue weighted by Crippen LogP contribution is -2.51. The first kappa shape index (κ1) is 13.5. The van der Waals surface area contributed by atoms with Crippen molar-refractivity contribution < 1.29 is 4.79 Å². The normalized spacial score (nSPS) is 21.8. The van der Waals surface area contributed by atoms with Crippen molar-refractivity contribution in [3.8, 4) is 6.07 Å². The third-order valence-electron chi connectivity index (χ3n) is 3.92. The summed E-state index contributed by atoms with van der Waals surface area (Å²) in [5.74, 6) is -0.0788. The molecule has 1 fully saturated rings. The van der Waals surface area contributed by atoms with E-state index in [1.165, 1.54) is 0 Å². The van der Waals surface area contributed by atoms with Gasteiger partial charge < -0.3 is 4.90 Å². The lowest BCUT2D eigenvalue weighted by molar-refractivity contribution is 0.0437. The second-order valence-corrected chi connectivity index (χ2v) is 5.81. The number of hydrogen-bond donors (Lipinski definition) is 0. The summed E-state index contributed by atoms with van der Waals surface area (Å²) in [6, 6.07) is 3.75. The first-order chi connectivity index (χ1) is 8.97. The number of piperidine rings is 1. The van der Waals surface area contributed by atoms with Crippen LogP contribution < -0.4 is 0 Å². The van der Waals surface area contributed by atoms with Gasteiger partial charge in [-0.2, -0.15) is 5.26 Å². The summed E-state index contributed by atoms with van der Waals surface area (Å²) in [6.07, 6.45) is 5.18. The number of carbonyl (C=O) groups is 1. The number of pyridine rings is 1. The molecular formula is C15H19N3O. The highest BCUT2D eigenvalue weighted by atomic mass is 16.2. The van der Waals surface area contributed by atoms with Crippen LogP contribution in [0.4, 0.5) is 0 Å². The third-order valence-corrected chi connectivity index (χ3v) is 3.92. The number of rotatable bonds is 1. The number of nitriles is 1. The molecule has 1 unspecified atom stereocenters. The minimum Gasteiger partial charge on any atom is -0.322 e. The predicted molar refractivity (Wildman–Crippen MR) is 72.4 cm³/mol. The molecule has 2 rings (SSSR count). The Hall–Kier alpha value is -1.89. The standard InChI is InChI=1S/C15H19N3O/c1-11-5-7-17-10-12(11)14(19)18-8-4-6-15(2,3)13(18)9-16/h5,7,10,13H,4,6,8H2,1-3H3. The zero-order chi connectivity index (χ0) is 14.0. The van der Waals surface area contributed by atoms with Crippen molar-refractivity contribution in [1.82, 2.24) is 9.88 Å². The van der Waals surface area contributed by atoms with E-state index in [0.29, 0.717) is 12.1 Å². The minimum absolute atomic E-state index is 0.0788. The summed E-state index contributed by atoms with van der Waals surface area (Å²) in [5, 5.41) is 9.40. The fraction of sp³-hybridized carbons (Fsp3) is 0.533. The highest BCUT2D eigenvalue weighted by molar-refractivity contribution is 5.95. The van der Waals surface area contributed by atoms with Crippen molar-refractivity contribution >= 4 is 5.91 Å². The summed E-state index contributed by atoms with van der Waals surface area (Å²) < 4.78 is 0. The molecule has 0 aromatic carbocycles. The van der Waals surface area contributed by atoms with Gasteiger partial charge in [-0.1, -0.05) is 13.8 Å². The maximum absolute atomic E-state index is 12.6. The van der Waals surface area contributed by atoms with Crippen LogP contribution in [-0.4, -0.2) is 28.4 Å². The molecule has 1 aliphatic heterocycles. The van der Waals surface area contributed by atoms with E-state index in [2.05, 4.69) is 24.9 Å². The number of aromatic nitrogens is 1. The molecule has 1 aromatic rings. The highest BCUT2D eigenvalue weighted by Crippen LogP contribution is 2.35. The Morgan fingerprint density at radius 1 is 1.58 bits per heavy atom. The average molecular weight is 257 g/mol. The number of nitrogens with zero attached hydrogens (tertiary/aromatic N) is 3. The van der Waals surface area contributed by atoms with E-state index in [0.717, 1.165) is 18.4 Å². The third kappa shape index (κ3) is 2.46. The van der Waals surface area contributed by atoms with Gasteiger partial charge in [0.1, 0.15) is 6.04 Å². The Kier molecular flexibility index (Phi) is 3.57. The van der Waals surface area contributed by atoms with Gasteiger partial charge in [-0.15, -0.1) is 0 Å². The maximum Gasteiger partial charge on any atom is 0.256 e. The van der Waals surface area contributed by atoms with Gasteiger partial charge in [0.2, 0.25) is 0 Å². The van der Waals surface area contributed by atoms with Crippen molar-refractivity contribution in [2.75, 3.05) is 6.54 Å². The monoisotopic (exact) mass is 257 g/mol. The van der Waals surface area contributed by atoms with E-state index in [4.69, 9.17) is 0 Å².